The maximum absolute atomic E-state index is 5.42. The van der Waals surface area contributed by atoms with Crippen molar-refractivity contribution in [2.24, 2.45) is 4.99 Å². The number of nitrogens with zero attached hydrogens (tertiary/aromatic N) is 3. The van der Waals surface area contributed by atoms with Crippen LogP contribution in [-0.4, -0.2) is 36.8 Å². The highest BCUT2D eigenvalue weighted by Gasteiger charge is 2.21. The molecule has 0 aliphatic heterocycles. The summed E-state index contributed by atoms with van der Waals surface area (Å²) >= 11 is 0. The van der Waals surface area contributed by atoms with Gasteiger partial charge >= 0.3 is 0 Å². The number of hydrogen-bond donors (Lipinski definition) is 2. The molecule has 1 heterocycles. The fourth-order valence-corrected chi connectivity index (χ4v) is 2.43. The molecular formula is C19H30IN5O2. The van der Waals surface area contributed by atoms with Gasteiger partial charge in [-0.3, -0.25) is 4.99 Å². The second kappa shape index (κ2) is 10.5. The highest BCUT2D eigenvalue weighted by atomic mass is 127. The summed E-state index contributed by atoms with van der Waals surface area (Å²) in [5, 5.41) is 10.5. The van der Waals surface area contributed by atoms with Gasteiger partial charge in [-0.05, 0) is 25.0 Å². The van der Waals surface area contributed by atoms with E-state index in [1.165, 1.54) is 11.1 Å². The third-order valence-electron chi connectivity index (χ3n) is 3.87. The molecule has 1 aromatic heterocycles. The number of ether oxygens (including phenoxy) is 1. The zero-order valence-electron chi connectivity index (χ0n) is 16.9. The molecule has 2 rings (SSSR count). The van der Waals surface area contributed by atoms with Gasteiger partial charge in [-0.15, -0.1) is 24.0 Å². The number of nitrogens with one attached hydrogen (secondary N) is 2. The van der Waals surface area contributed by atoms with Gasteiger partial charge in [0.1, 0.15) is 5.75 Å². The van der Waals surface area contributed by atoms with Gasteiger partial charge in [0.05, 0.1) is 13.7 Å². The minimum atomic E-state index is -0.155. The first-order valence-electron chi connectivity index (χ1n) is 8.74. The number of guanidine groups is 1. The number of hydrogen-bond acceptors (Lipinski definition) is 5. The SMILES string of the molecule is CN=C(NCCc1cc(C)ccc1OC)NCc1noc(C(C)(C)C)n1.I. The number of benzene rings is 1. The summed E-state index contributed by atoms with van der Waals surface area (Å²) in [5.41, 5.74) is 2.23. The lowest BCUT2D eigenvalue weighted by molar-refractivity contribution is 0.318. The topological polar surface area (TPSA) is 84.6 Å². The first kappa shape index (κ1) is 23.2. The van der Waals surface area contributed by atoms with Gasteiger partial charge in [0.25, 0.3) is 0 Å². The number of aromatic nitrogens is 2. The Morgan fingerprint density at radius 3 is 2.59 bits per heavy atom. The summed E-state index contributed by atoms with van der Waals surface area (Å²) in [6.45, 7) is 9.38. The molecule has 0 saturated heterocycles. The van der Waals surface area contributed by atoms with Crippen LogP contribution in [0.1, 0.15) is 43.6 Å². The number of aryl methyl sites for hydroxylation is 1. The maximum Gasteiger partial charge on any atom is 0.232 e. The van der Waals surface area contributed by atoms with E-state index in [0.29, 0.717) is 24.2 Å². The van der Waals surface area contributed by atoms with Crippen LogP contribution < -0.4 is 15.4 Å². The monoisotopic (exact) mass is 487 g/mol. The molecule has 2 N–H and O–H groups in total. The Kier molecular flexibility index (Phi) is 9.01. The highest BCUT2D eigenvalue weighted by Crippen LogP contribution is 2.20. The number of methoxy groups -OCH3 is 1. The van der Waals surface area contributed by atoms with Crippen molar-refractivity contribution in [3.63, 3.8) is 0 Å². The van der Waals surface area contributed by atoms with E-state index in [1.54, 1.807) is 14.2 Å². The molecule has 0 aliphatic carbocycles. The van der Waals surface area contributed by atoms with E-state index >= 15 is 0 Å². The Labute approximate surface area is 178 Å². The molecule has 0 radical (unpaired) electrons. The van der Waals surface area contributed by atoms with Gasteiger partial charge < -0.3 is 19.9 Å². The third kappa shape index (κ3) is 7.00. The summed E-state index contributed by atoms with van der Waals surface area (Å²) < 4.78 is 10.7. The van der Waals surface area contributed by atoms with Crippen molar-refractivity contribution in [3.05, 3.63) is 41.0 Å². The molecule has 0 bridgehead atoms. The van der Waals surface area contributed by atoms with Crippen LogP contribution in [-0.2, 0) is 18.4 Å². The van der Waals surface area contributed by atoms with Crippen LogP contribution in [0.3, 0.4) is 0 Å². The van der Waals surface area contributed by atoms with Crippen molar-refractivity contribution in [3.8, 4) is 5.75 Å². The van der Waals surface area contributed by atoms with Crippen LogP contribution in [0.25, 0.3) is 0 Å². The number of halogens is 1. The van der Waals surface area contributed by atoms with Crippen LogP contribution in [0, 0.1) is 6.92 Å². The average molecular weight is 487 g/mol. The third-order valence-corrected chi connectivity index (χ3v) is 3.87. The molecule has 7 nitrogen and oxygen atoms in total. The van der Waals surface area contributed by atoms with E-state index in [4.69, 9.17) is 9.26 Å². The van der Waals surface area contributed by atoms with Gasteiger partial charge in [0.15, 0.2) is 11.8 Å². The molecule has 8 heteroatoms. The molecule has 0 fully saturated rings. The van der Waals surface area contributed by atoms with Gasteiger partial charge in [-0.1, -0.05) is 43.6 Å². The van der Waals surface area contributed by atoms with Crippen molar-refractivity contribution in [2.45, 2.75) is 46.1 Å². The summed E-state index contributed by atoms with van der Waals surface area (Å²) in [5.74, 6) is 2.84. The smallest absolute Gasteiger partial charge is 0.232 e. The Hall–Kier alpha value is -1.84. The summed E-state index contributed by atoms with van der Waals surface area (Å²) in [4.78, 5) is 8.64. The van der Waals surface area contributed by atoms with Crippen LogP contribution >= 0.6 is 24.0 Å². The van der Waals surface area contributed by atoms with Crippen molar-refractivity contribution >= 4 is 29.9 Å². The van der Waals surface area contributed by atoms with Crippen LogP contribution in [0.15, 0.2) is 27.7 Å². The lowest BCUT2D eigenvalue weighted by Crippen LogP contribution is -2.38. The second-order valence-electron chi connectivity index (χ2n) is 7.18. The van der Waals surface area contributed by atoms with Crippen molar-refractivity contribution in [1.82, 2.24) is 20.8 Å². The fraction of sp³-hybridized carbons (Fsp3) is 0.526. The van der Waals surface area contributed by atoms with Crippen molar-refractivity contribution in [1.29, 1.82) is 0 Å². The van der Waals surface area contributed by atoms with Gasteiger partial charge in [0.2, 0.25) is 5.89 Å². The lowest BCUT2D eigenvalue weighted by atomic mass is 9.97. The molecule has 0 atom stereocenters. The Morgan fingerprint density at radius 2 is 2.00 bits per heavy atom. The molecule has 27 heavy (non-hydrogen) atoms. The maximum atomic E-state index is 5.42. The van der Waals surface area contributed by atoms with E-state index in [9.17, 15) is 0 Å². The van der Waals surface area contributed by atoms with Gasteiger partial charge in [0, 0.05) is 19.0 Å². The Bertz CT molecular complexity index is 753. The Morgan fingerprint density at radius 1 is 1.26 bits per heavy atom. The molecule has 0 saturated carbocycles. The quantitative estimate of drug-likeness (QED) is 0.370. The van der Waals surface area contributed by atoms with Gasteiger partial charge in [-0.2, -0.15) is 4.98 Å². The minimum absolute atomic E-state index is 0. The van der Waals surface area contributed by atoms with E-state index in [1.807, 2.05) is 32.9 Å². The summed E-state index contributed by atoms with van der Waals surface area (Å²) in [6, 6.07) is 6.19. The minimum Gasteiger partial charge on any atom is -0.496 e. The van der Waals surface area contributed by atoms with Gasteiger partial charge in [-0.25, -0.2) is 0 Å². The van der Waals surface area contributed by atoms with E-state index in [2.05, 4.69) is 38.8 Å². The first-order valence-corrected chi connectivity index (χ1v) is 8.74. The van der Waals surface area contributed by atoms with E-state index < -0.39 is 0 Å². The molecule has 0 spiro atoms. The average Bonchev–Trinajstić information content (AvgIpc) is 3.07. The van der Waals surface area contributed by atoms with Crippen molar-refractivity contribution in [2.75, 3.05) is 20.7 Å². The largest absolute Gasteiger partial charge is 0.496 e. The molecule has 2 aromatic rings. The van der Waals surface area contributed by atoms with Crippen LogP contribution in [0.2, 0.25) is 0 Å². The van der Waals surface area contributed by atoms with E-state index in [0.717, 1.165) is 18.7 Å². The second-order valence-corrected chi connectivity index (χ2v) is 7.18. The molecule has 1 aromatic carbocycles. The van der Waals surface area contributed by atoms with Crippen LogP contribution in [0.4, 0.5) is 0 Å². The predicted molar refractivity (Wildman–Crippen MR) is 118 cm³/mol. The summed E-state index contributed by atoms with van der Waals surface area (Å²) in [6.07, 6.45) is 0.835. The molecule has 0 unspecified atom stereocenters. The highest BCUT2D eigenvalue weighted by molar-refractivity contribution is 14.0. The lowest BCUT2D eigenvalue weighted by Gasteiger charge is -2.13. The normalized spacial score (nSPS) is 11.7. The van der Waals surface area contributed by atoms with Crippen LogP contribution in [0.5, 0.6) is 5.75 Å². The fourth-order valence-electron chi connectivity index (χ4n) is 2.43. The molecule has 0 amide bonds. The standard InChI is InChI=1S/C19H29N5O2.HI/c1-13-7-8-15(25-6)14(11-13)9-10-21-18(20-5)22-12-16-23-17(26-24-16)19(2,3)4;/h7-8,11H,9-10,12H2,1-6H3,(H2,20,21,22);1H. The number of rotatable bonds is 6. The molecule has 0 aliphatic rings. The zero-order valence-corrected chi connectivity index (χ0v) is 19.3. The van der Waals surface area contributed by atoms with Crippen molar-refractivity contribution < 1.29 is 9.26 Å². The molecular weight excluding hydrogens is 457 g/mol. The number of aliphatic imine (C=N–C) groups is 1. The molecule has 150 valence electrons. The summed E-state index contributed by atoms with van der Waals surface area (Å²) in [7, 11) is 3.43. The van der Waals surface area contributed by atoms with E-state index in [-0.39, 0.29) is 29.4 Å². The zero-order chi connectivity index (χ0) is 19.2. The Balaban J connectivity index is 0.00000364. The first-order chi connectivity index (χ1) is 12.3. The predicted octanol–water partition coefficient (Wildman–Crippen LogP) is 3.21.